The lowest BCUT2D eigenvalue weighted by Gasteiger charge is -2.07. The first-order valence-electron chi connectivity index (χ1n) is 5.54. The van der Waals surface area contributed by atoms with Crippen LogP contribution in [0.3, 0.4) is 0 Å². The van der Waals surface area contributed by atoms with Crippen molar-refractivity contribution in [1.29, 1.82) is 0 Å². The average molecular weight is 246 g/mol. The fourth-order valence-corrected chi connectivity index (χ4v) is 1.76. The van der Waals surface area contributed by atoms with Crippen LogP contribution in [0.1, 0.15) is 18.1 Å². The molecule has 0 unspecified atom stereocenters. The summed E-state index contributed by atoms with van der Waals surface area (Å²) in [5, 5.41) is 0.738. The third-order valence-electron chi connectivity index (χ3n) is 2.51. The number of halogens is 1. The van der Waals surface area contributed by atoms with Crippen LogP contribution in [0.25, 0.3) is 0 Å². The molecule has 0 heterocycles. The van der Waals surface area contributed by atoms with Gasteiger partial charge < -0.3 is 4.74 Å². The summed E-state index contributed by atoms with van der Waals surface area (Å²) >= 11 is 5.91. The van der Waals surface area contributed by atoms with E-state index in [2.05, 4.69) is 6.42 Å². The third-order valence-corrected chi connectivity index (χ3v) is 2.74. The number of hydrogen-bond acceptors (Lipinski definition) is 1. The zero-order valence-corrected chi connectivity index (χ0v) is 10.4. The lowest BCUT2D eigenvalue weighted by Crippen LogP contribution is -1.95. The van der Waals surface area contributed by atoms with Crippen molar-refractivity contribution in [2.45, 2.75) is 13.5 Å². The van der Waals surface area contributed by atoms with Gasteiger partial charge in [0, 0.05) is 5.02 Å². The van der Waals surface area contributed by atoms with Crippen LogP contribution in [0.5, 0.6) is 5.75 Å². The highest BCUT2D eigenvalue weighted by Crippen LogP contribution is 2.16. The summed E-state index contributed by atoms with van der Waals surface area (Å²) in [7, 11) is 0. The SMILES string of the molecule is C[CH]c1ccc(OCc2cccc(Cl)c2)cc1. The van der Waals surface area contributed by atoms with Gasteiger partial charge in [0.05, 0.1) is 0 Å². The summed E-state index contributed by atoms with van der Waals surface area (Å²) < 4.78 is 5.67. The van der Waals surface area contributed by atoms with Crippen molar-refractivity contribution in [2.75, 3.05) is 0 Å². The molecule has 0 saturated heterocycles. The molecule has 0 spiro atoms. The van der Waals surface area contributed by atoms with Crippen LogP contribution in [0, 0.1) is 6.42 Å². The van der Waals surface area contributed by atoms with E-state index in [4.69, 9.17) is 16.3 Å². The molecule has 2 heteroatoms. The van der Waals surface area contributed by atoms with Gasteiger partial charge in [-0.15, -0.1) is 0 Å². The van der Waals surface area contributed by atoms with Crippen LogP contribution < -0.4 is 4.74 Å². The second-order valence-electron chi connectivity index (χ2n) is 3.78. The Morgan fingerprint density at radius 1 is 1.12 bits per heavy atom. The maximum atomic E-state index is 5.91. The molecule has 0 aromatic heterocycles. The van der Waals surface area contributed by atoms with E-state index in [-0.39, 0.29) is 0 Å². The van der Waals surface area contributed by atoms with Crippen molar-refractivity contribution in [3.05, 3.63) is 71.1 Å². The van der Waals surface area contributed by atoms with E-state index in [1.807, 2.05) is 55.5 Å². The molecule has 0 bridgehead atoms. The molecule has 0 aliphatic carbocycles. The van der Waals surface area contributed by atoms with Crippen LogP contribution in [0.2, 0.25) is 5.02 Å². The van der Waals surface area contributed by atoms with Crippen LogP contribution in [0.15, 0.2) is 48.5 Å². The highest BCUT2D eigenvalue weighted by molar-refractivity contribution is 6.30. The number of ether oxygens (including phenoxy) is 1. The van der Waals surface area contributed by atoms with E-state index >= 15 is 0 Å². The minimum atomic E-state index is 0.537. The fraction of sp³-hybridized carbons (Fsp3) is 0.133. The summed E-state index contributed by atoms with van der Waals surface area (Å²) in [6.07, 6.45) is 2.06. The largest absolute Gasteiger partial charge is 0.489 e. The Labute approximate surface area is 107 Å². The second-order valence-corrected chi connectivity index (χ2v) is 4.21. The van der Waals surface area contributed by atoms with Crippen LogP contribution in [-0.2, 0) is 6.61 Å². The zero-order valence-electron chi connectivity index (χ0n) is 9.69. The normalized spacial score (nSPS) is 10.2. The number of hydrogen-bond donors (Lipinski definition) is 0. The fourth-order valence-electron chi connectivity index (χ4n) is 1.55. The van der Waals surface area contributed by atoms with Crippen molar-refractivity contribution in [1.82, 2.24) is 0 Å². The minimum Gasteiger partial charge on any atom is -0.489 e. The molecule has 1 nitrogen and oxygen atoms in total. The third kappa shape index (κ3) is 3.50. The van der Waals surface area contributed by atoms with Gasteiger partial charge in [-0.05, 0) is 41.8 Å². The van der Waals surface area contributed by atoms with E-state index in [0.717, 1.165) is 16.3 Å². The molecule has 87 valence electrons. The minimum absolute atomic E-state index is 0.537. The summed E-state index contributed by atoms with van der Waals surface area (Å²) in [6.45, 7) is 2.55. The molecule has 2 aromatic rings. The van der Waals surface area contributed by atoms with Gasteiger partial charge in [0.15, 0.2) is 0 Å². The predicted molar refractivity (Wildman–Crippen MR) is 71.3 cm³/mol. The molecule has 0 saturated carbocycles. The zero-order chi connectivity index (χ0) is 12.1. The first-order valence-corrected chi connectivity index (χ1v) is 5.92. The Balaban J connectivity index is 1.97. The van der Waals surface area contributed by atoms with Crippen molar-refractivity contribution in [3.63, 3.8) is 0 Å². The van der Waals surface area contributed by atoms with Gasteiger partial charge in [0.2, 0.25) is 0 Å². The molecule has 1 radical (unpaired) electrons. The Morgan fingerprint density at radius 3 is 2.53 bits per heavy atom. The summed E-state index contributed by atoms with van der Waals surface area (Å²) in [5.41, 5.74) is 2.27. The van der Waals surface area contributed by atoms with Crippen LogP contribution in [0.4, 0.5) is 0 Å². The van der Waals surface area contributed by atoms with E-state index in [9.17, 15) is 0 Å². The van der Waals surface area contributed by atoms with Gasteiger partial charge >= 0.3 is 0 Å². The Morgan fingerprint density at radius 2 is 1.88 bits per heavy atom. The first-order chi connectivity index (χ1) is 8.28. The number of rotatable bonds is 4. The molecular weight excluding hydrogens is 232 g/mol. The average Bonchev–Trinajstić information content (AvgIpc) is 2.37. The van der Waals surface area contributed by atoms with Crippen LogP contribution in [-0.4, -0.2) is 0 Å². The van der Waals surface area contributed by atoms with Crippen molar-refractivity contribution in [3.8, 4) is 5.75 Å². The predicted octanol–water partition coefficient (Wildman–Crippen LogP) is 4.49. The standard InChI is InChI=1S/C15H14ClO/c1-2-12-6-8-15(9-7-12)17-11-13-4-3-5-14(16)10-13/h2-10H,11H2,1H3. The number of benzene rings is 2. The van der Waals surface area contributed by atoms with Crippen molar-refractivity contribution < 1.29 is 4.74 Å². The van der Waals surface area contributed by atoms with Gasteiger partial charge in [-0.1, -0.05) is 42.8 Å². The van der Waals surface area contributed by atoms with E-state index in [0.29, 0.717) is 6.61 Å². The summed E-state index contributed by atoms with van der Waals surface area (Å²) in [4.78, 5) is 0. The Hall–Kier alpha value is -1.47. The van der Waals surface area contributed by atoms with Gasteiger partial charge in [-0.2, -0.15) is 0 Å². The van der Waals surface area contributed by atoms with Crippen LogP contribution >= 0.6 is 11.6 Å². The highest BCUT2D eigenvalue weighted by atomic mass is 35.5. The molecule has 0 N–H and O–H groups in total. The topological polar surface area (TPSA) is 9.23 Å². The van der Waals surface area contributed by atoms with Crippen molar-refractivity contribution >= 4 is 11.6 Å². The molecule has 0 fully saturated rings. The maximum Gasteiger partial charge on any atom is 0.119 e. The second kappa shape index (κ2) is 5.74. The maximum absolute atomic E-state index is 5.91. The smallest absolute Gasteiger partial charge is 0.119 e. The van der Waals surface area contributed by atoms with Gasteiger partial charge in [0.25, 0.3) is 0 Å². The van der Waals surface area contributed by atoms with E-state index < -0.39 is 0 Å². The molecular formula is C15H14ClO. The Kier molecular flexibility index (Phi) is 4.05. The molecule has 0 atom stereocenters. The van der Waals surface area contributed by atoms with Gasteiger partial charge in [0.1, 0.15) is 12.4 Å². The molecule has 0 aliphatic rings. The Bertz CT molecular complexity index is 477. The highest BCUT2D eigenvalue weighted by Gasteiger charge is 1.97. The van der Waals surface area contributed by atoms with Gasteiger partial charge in [-0.25, -0.2) is 0 Å². The summed E-state index contributed by atoms with van der Waals surface area (Å²) in [6, 6.07) is 15.7. The molecule has 2 rings (SSSR count). The first kappa shape index (κ1) is 12.0. The molecule has 2 aromatic carbocycles. The molecule has 0 aliphatic heterocycles. The lowest BCUT2D eigenvalue weighted by molar-refractivity contribution is 0.306. The lowest BCUT2D eigenvalue weighted by atomic mass is 10.2. The van der Waals surface area contributed by atoms with Gasteiger partial charge in [-0.3, -0.25) is 0 Å². The summed E-state index contributed by atoms with van der Waals surface area (Å²) in [5.74, 6) is 0.871. The monoisotopic (exact) mass is 245 g/mol. The molecule has 0 amide bonds. The molecule has 17 heavy (non-hydrogen) atoms. The van der Waals surface area contributed by atoms with E-state index in [1.54, 1.807) is 0 Å². The van der Waals surface area contributed by atoms with E-state index in [1.165, 1.54) is 5.56 Å². The quantitative estimate of drug-likeness (QED) is 0.771. The van der Waals surface area contributed by atoms with Crippen molar-refractivity contribution in [2.24, 2.45) is 0 Å².